The summed E-state index contributed by atoms with van der Waals surface area (Å²) in [7, 11) is 0. The third-order valence-corrected chi connectivity index (χ3v) is 5.17. The second kappa shape index (κ2) is 5.22. The van der Waals surface area contributed by atoms with E-state index in [0.29, 0.717) is 0 Å². The van der Waals surface area contributed by atoms with Crippen LogP contribution >= 0.6 is 0 Å². The van der Waals surface area contributed by atoms with E-state index in [1.165, 1.54) is 54.8 Å². The number of aromatic amines is 1. The molecule has 0 radical (unpaired) electrons. The molecule has 0 saturated heterocycles. The molecule has 5 aromatic rings. The lowest BCUT2D eigenvalue weighted by molar-refractivity contribution is 1.29. The summed E-state index contributed by atoms with van der Waals surface area (Å²) in [5.74, 6) is 0. The summed E-state index contributed by atoms with van der Waals surface area (Å²) < 4.78 is 0. The van der Waals surface area contributed by atoms with E-state index in [0.717, 1.165) is 0 Å². The minimum Gasteiger partial charge on any atom is -0.358 e. The minimum absolute atomic E-state index is 1.20. The molecule has 0 aliphatic rings. The Bertz CT molecular complexity index is 1260. The zero-order chi connectivity index (χ0) is 17.0. The molecule has 0 bridgehead atoms. The standard InChI is InChI=1S/C24H19N/c1-15-10-11-21(23-12-16(2)25-24(15)23)20-9-5-8-19-13-17-6-3-4-7-18(17)14-22(19)20/h3-14,25H,1-2H3. The Labute approximate surface area is 146 Å². The molecule has 1 N–H and O–H groups in total. The molecule has 0 aliphatic carbocycles. The third-order valence-electron chi connectivity index (χ3n) is 5.17. The van der Waals surface area contributed by atoms with Crippen molar-refractivity contribution in [1.82, 2.24) is 4.98 Å². The average molecular weight is 321 g/mol. The molecule has 1 heteroatoms. The van der Waals surface area contributed by atoms with Crippen LogP contribution in [-0.2, 0) is 0 Å². The number of aryl methyl sites for hydroxylation is 2. The van der Waals surface area contributed by atoms with E-state index in [4.69, 9.17) is 0 Å². The summed E-state index contributed by atoms with van der Waals surface area (Å²) in [6.45, 7) is 4.29. The van der Waals surface area contributed by atoms with Crippen LogP contribution in [0, 0.1) is 13.8 Å². The van der Waals surface area contributed by atoms with E-state index in [-0.39, 0.29) is 0 Å². The van der Waals surface area contributed by atoms with Gasteiger partial charge < -0.3 is 4.98 Å². The zero-order valence-corrected chi connectivity index (χ0v) is 14.4. The highest BCUT2D eigenvalue weighted by Crippen LogP contribution is 2.36. The monoisotopic (exact) mass is 321 g/mol. The lowest BCUT2D eigenvalue weighted by Crippen LogP contribution is -1.85. The van der Waals surface area contributed by atoms with Crippen molar-refractivity contribution >= 4 is 32.4 Å². The van der Waals surface area contributed by atoms with E-state index in [9.17, 15) is 0 Å². The minimum atomic E-state index is 1.20. The Balaban J connectivity index is 1.90. The molecule has 0 saturated carbocycles. The molecular weight excluding hydrogens is 302 g/mol. The molecule has 1 aromatic heterocycles. The van der Waals surface area contributed by atoms with E-state index >= 15 is 0 Å². The summed E-state index contributed by atoms with van der Waals surface area (Å²) in [5.41, 5.74) is 6.33. The molecule has 25 heavy (non-hydrogen) atoms. The quantitative estimate of drug-likeness (QED) is 0.328. The molecule has 1 heterocycles. The summed E-state index contributed by atoms with van der Waals surface area (Å²) >= 11 is 0. The molecule has 0 atom stereocenters. The number of aromatic nitrogens is 1. The maximum atomic E-state index is 3.51. The number of fused-ring (bicyclic) bond motifs is 3. The summed E-state index contributed by atoms with van der Waals surface area (Å²) in [6.07, 6.45) is 0. The highest BCUT2D eigenvalue weighted by atomic mass is 14.7. The topological polar surface area (TPSA) is 15.8 Å². The number of hydrogen-bond acceptors (Lipinski definition) is 0. The van der Waals surface area contributed by atoms with Crippen LogP contribution < -0.4 is 0 Å². The molecule has 120 valence electrons. The summed E-state index contributed by atoms with van der Waals surface area (Å²) in [5, 5.41) is 6.48. The van der Waals surface area contributed by atoms with Gasteiger partial charge in [0.2, 0.25) is 0 Å². The van der Waals surface area contributed by atoms with Gasteiger partial charge in [-0.2, -0.15) is 0 Å². The maximum Gasteiger partial charge on any atom is 0.0492 e. The highest BCUT2D eigenvalue weighted by molar-refractivity contribution is 6.09. The van der Waals surface area contributed by atoms with Gasteiger partial charge in [0.25, 0.3) is 0 Å². The van der Waals surface area contributed by atoms with Crippen molar-refractivity contribution in [3.63, 3.8) is 0 Å². The molecule has 0 amide bonds. The van der Waals surface area contributed by atoms with E-state index < -0.39 is 0 Å². The SMILES string of the molecule is Cc1cc2c(-c3cccc4cc5ccccc5cc34)ccc(C)c2[nH]1. The Hall–Kier alpha value is -3.06. The summed E-state index contributed by atoms with van der Waals surface area (Å²) in [4.78, 5) is 3.51. The second-order valence-corrected chi connectivity index (χ2v) is 6.90. The van der Waals surface area contributed by atoms with Crippen molar-refractivity contribution in [2.24, 2.45) is 0 Å². The Morgan fingerprint density at radius 1 is 0.600 bits per heavy atom. The van der Waals surface area contributed by atoms with Gasteiger partial charge in [0.05, 0.1) is 0 Å². The molecule has 0 aliphatic heterocycles. The van der Waals surface area contributed by atoms with E-state index in [2.05, 4.69) is 91.6 Å². The van der Waals surface area contributed by atoms with Gasteiger partial charge in [0, 0.05) is 16.6 Å². The van der Waals surface area contributed by atoms with Crippen LogP contribution in [0.15, 0.2) is 72.8 Å². The van der Waals surface area contributed by atoms with Gasteiger partial charge in [-0.05, 0) is 70.3 Å². The number of H-pyrrole nitrogens is 1. The number of rotatable bonds is 1. The van der Waals surface area contributed by atoms with Crippen LogP contribution in [0.2, 0.25) is 0 Å². The van der Waals surface area contributed by atoms with Crippen LogP contribution in [0.25, 0.3) is 43.6 Å². The van der Waals surface area contributed by atoms with Crippen LogP contribution in [0.4, 0.5) is 0 Å². The highest BCUT2D eigenvalue weighted by Gasteiger charge is 2.11. The molecule has 0 unspecified atom stereocenters. The summed E-state index contributed by atoms with van der Waals surface area (Å²) in [6, 6.07) is 26.5. The predicted molar refractivity (Wildman–Crippen MR) is 108 cm³/mol. The van der Waals surface area contributed by atoms with Crippen molar-refractivity contribution in [1.29, 1.82) is 0 Å². The lowest BCUT2D eigenvalue weighted by atomic mass is 9.93. The van der Waals surface area contributed by atoms with E-state index in [1.54, 1.807) is 0 Å². The number of nitrogens with one attached hydrogen (secondary N) is 1. The van der Waals surface area contributed by atoms with Crippen LogP contribution in [-0.4, -0.2) is 4.98 Å². The normalized spacial score (nSPS) is 11.6. The second-order valence-electron chi connectivity index (χ2n) is 6.90. The predicted octanol–water partition coefficient (Wildman–Crippen LogP) is 6.76. The fourth-order valence-electron chi connectivity index (χ4n) is 3.93. The number of hydrogen-bond donors (Lipinski definition) is 1. The molecular formula is C24H19N. The molecule has 0 fully saturated rings. The van der Waals surface area contributed by atoms with E-state index in [1.807, 2.05) is 0 Å². The van der Waals surface area contributed by atoms with Crippen LogP contribution in [0.1, 0.15) is 11.3 Å². The molecule has 5 rings (SSSR count). The molecule has 1 nitrogen and oxygen atoms in total. The lowest BCUT2D eigenvalue weighted by Gasteiger charge is -2.11. The average Bonchev–Trinajstić information content (AvgIpc) is 3.02. The molecule has 0 spiro atoms. The van der Waals surface area contributed by atoms with Crippen molar-refractivity contribution in [3.05, 3.63) is 84.1 Å². The Kier molecular flexibility index (Phi) is 2.98. The van der Waals surface area contributed by atoms with Crippen molar-refractivity contribution in [2.75, 3.05) is 0 Å². The van der Waals surface area contributed by atoms with Crippen LogP contribution in [0.5, 0.6) is 0 Å². The fourth-order valence-corrected chi connectivity index (χ4v) is 3.93. The van der Waals surface area contributed by atoms with Gasteiger partial charge in [-0.1, -0.05) is 54.6 Å². The van der Waals surface area contributed by atoms with Gasteiger partial charge in [-0.3, -0.25) is 0 Å². The first-order chi connectivity index (χ1) is 12.2. The maximum absolute atomic E-state index is 3.51. The first-order valence-electron chi connectivity index (χ1n) is 8.71. The van der Waals surface area contributed by atoms with Crippen molar-refractivity contribution < 1.29 is 0 Å². The van der Waals surface area contributed by atoms with Gasteiger partial charge in [-0.15, -0.1) is 0 Å². The van der Waals surface area contributed by atoms with Gasteiger partial charge >= 0.3 is 0 Å². The van der Waals surface area contributed by atoms with Crippen molar-refractivity contribution in [2.45, 2.75) is 13.8 Å². The Morgan fingerprint density at radius 3 is 2.16 bits per heavy atom. The van der Waals surface area contributed by atoms with Gasteiger partial charge in [-0.25, -0.2) is 0 Å². The zero-order valence-electron chi connectivity index (χ0n) is 14.4. The Morgan fingerprint density at radius 2 is 1.32 bits per heavy atom. The van der Waals surface area contributed by atoms with Gasteiger partial charge in [0.1, 0.15) is 0 Å². The van der Waals surface area contributed by atoms with Crippen LogP contribution in [0.3, 0.4) is 0 Å². The third kappa shape index (κ3) is 2.16. The molecule has 4 aromatic carbocycles. The number of benzene rings is 4. The first-order valence-corrected chi connectivity index (χ1v) is 8.71. The fraction of sp³-hybridized carbons (Fsp3) is 0.0833. The van der Waals surface area contributed by atoms with Gasteiger partial charge in [0.15, 0.2) is 0 Å². The smallest absolute Gasteiger partial charge is 0.0492 e. The van der Waals surface area contributed by atoms with Crippen molar-refractivity contribution in [3.8, 4) is 11.1 Å². The first kappa shape index (κ1) is 14.3. The largest absolute Gasteiger partial charge is 0.358 e.